The standard InChI is InChI=1S/C18H17ClFN5/c1-12-2-7-15(10-16(12)19)23-18-24-17(11-22-25-18)21-9-8-13-3-5-14(20)6-4-13/h2-7,10-11H,8-9H2,1H3,(H2,21,23,24,25). The zero-order valence-corrected chi connectivity index (χ0v) is 14.4. The molecule has 2 N–H and O–H groups in total. The van der Waals surface area contributed by atoms with Crippen molar-refractivity contribution in [1.29, 1.82) is 0 Å². The van der Waals surface area contributed by atoms with Crippen LogP contribution in [-0.2, 0) is 6.42 Å². The Bertz CT molecular complexity index is 854. The van der Waals surface area contributed by atoms with Crippen LogP contribution < -0.4 is 10.6 Å². The van der Waals surface area contributed by atoms with Crippen molar-refractivity contribution in [1.82, 2.24) is 15.2 Å². The first-order valence-electron chi connectivity index (χ1n) is 7.81. The summed E-state index contributed by atoms with van der Waals surface area (Å²) in [5.74, 6) is 0.758. The highest BCUT2D eigenvalue weighted by Gasteiger charge is 2.03. The second kappa shape index (κ2) is 7.90. The van der Waals surface area contributed by atoms with Crippen LogP contribution in [0.15, 0.2) is 48.7 Å². The maximum atomic E-state index is 12.9. The van der Waals surface area contributed by atoms with E-state index in [2.05, 4.69) is 25.8 Å². The van der Waals surface area contributed by atoms with E-state index in [-0.39, 0.29) is 5.82 Å². The van der Waals surface area contributed by atoms with Crippen molar-refractivity contribution in [3.63, 3.8) is 0 Å². The molecule has 0 fully saturated rings. The third kappa shape index (κ3) is 4.87. The van der Waals surface area contributed by atoms with E-state index in [9.17, 15) is 4.39 Å². The van der Waals surface area contributed by atoms with Crippen LogP contribution in [0, 0.1) is 12.7 Å². The zero-order chi connectivity index (χ0) is 17.6. The molecule has 5 nitrogen and oxygen atoms in total. The van der Waals surface area contributed by atoms with E-state index in [0.717, 1.165) is 23.2 Å². The van der Waals surface area contributed by atoms with E-state index in [4.69, 9.17) is 11.6 Å². The Hall–Kier alpha value is -2.73. The Morgan fingerprint density at radius 3 is 2.68 bits per heavy atom. The van der Waals surface area contributed by atoms with E-state index in [1.807, 2.05) is 25.1 Å². The van der Waals surface area contributed by atoms with Gasteiger partial charge in [-0.05, 0) is 48.7 Å². The third-order valence-corrected chi connectivity index (χ3v) is 4.03. The third-order valence-electron chi connectivity index (χ3n) is 3.62. The lowest BCUT2D eigenvalue weighted by atomic mass is 10.1. The maximum absolute atomic E-state index is 12.9. The Labute approximate surface area is 150 Å². The molecule has 0 bridgehead atoms. The van der Waals surface area contributed by atoms with Gasteiger partial charge in [-0.3, -0.25) is 0 Å². The molecule has 3 rings (SSSR count). The number of aryl methyl sites for hydroxylation is 1. The van der Waals surface area contributed by atoms with Crippen LogP contribution in [0.2, 0.25) is 5.02 Å². The van der Waals surface area contributed by atoms with E-state index in [1.165, 1.54) is 12.1 Å². The second-order valence-corrected chi connectivity index (χ2v) is 5.96. The number of hydrogen-bond acceptors (Lipinski definition) is 5. The van der Waals surface area contributed by atoms with Crippen LogP contribution in [0.4, 0.5) is 21.8 Å². The number of nitrogens with zero attached hydrogens (tertiary/aromatic N) is 3. The average Bonchev–Trinajstić information content (AvgIpc) is 2.60. The van der Waals surface area contributed by atoms with Crippen LogP contribution in [-0.4, -0.2) is 21.7 Å². The number of aromatic nitrogens is 3. The molecule has 128 valence electrons. The molecule has 0 aliphatic carbocycles. The monoisotopic (exact) mass is 357 g/mol. The van der Waals surface area contributed by atoms with E-state index in [0.29, 0.717) is 23.3 Å². The Kier molecular flexibility index (Phi) is 5.40. The van der Waals surface area contributed by atoms with Crippen LogP contribution >= 0.6 is 11.6 Å². The molecule has 0 saturated heterocycles. The van der Waals surface area contributed by atoms with Crippen molar-refractivity contribution >= 4 is 29.1 Å². The molecule has 2 aromatic carbocycles. The normalized spacial score (nSPS) is 10.5. The smallest absolute Gasteiger partial charge is 0.249 e. The number of halogens is 2. The first-order chi connectivity index (χ1) is 12.1. The number of anilines is 3. The molecule has 0 radical (unpaired) electrons. The highest BCUT2D eigenvalue weighted by atomic mass is 35.5. The molecule has 0 atom stereocenters. The zero-order valence-electron chi connectivity index (χ0n) is 13.6. The first kappa shape index (κ1) is 17.1. The number of benzene rings is 2. The number of nitrogens with one attached hydrogen (secondary N) is 2. The van der Waals surface area contributed by atoms with Crippen LogP contribution in [0.1, 0.15) is 11.1 Å². The van der Waals surface area contributed by atoms with Crippen molar-refractivity contribution in [2.45, 2.75) is 13.3 Å². The SMILES string of the molecule is Cc1ccc(Nc2nncc(NCCc3ccc(F)cc3)n2)cc1Cl. The molecule has 7 heteroatoms. The van der Waals surface area contributed by atoms with Gasteiger partial charge in [-0.15, -0.1) is 5.10 Å². The second-order valence-electron chi connectivity index (χ2n) is 5.56. The van der Waals surface area contributed by atoms with Gasteiger partial charge in [-0.2, -0.15) is 10.1 Å². The summed E-state index contributed by atoms with van der Waals surface area (Å²) in [6.45, 7) is 2.59. The van der Waals surface area contributed by atoms with Gasteiger partial charge in [0.1, 0.15) is 5.82 Å². The average molecular weight is 358 g/mol. The van der Waals surface area contributed by atoms with Gasteiger partial charge in [0.15, 0.2) is 5.82 Å². The number of hydrogen-bond donors (Lipinski definition) is 2. The lowest BCUT2D eigenvalue weighted by molar-refractivity contribution is 0.627. The predicted molar refractivity (Wildman–Crippen MR) is 97.9 cm³/mol. The van der Waals surface area contributed by atoms with Gasteiger partial charge in [-0.25, -0.2) is 4.39 Å². The molecule has 0 aliphatic heterocycles. The minimum absolute atomic E-state index is 0.233. The first-order valence-corrected chi connectivity index (χ1v) is 8.19. The predicted octanol–water partition coefficient (Wildman–Crippen LogP) is 4.37. The Morgan fingerprint density at radius 2 is 1.92 bits per heavy atom. The maximum Gasteiger partial charge on any atom is 0.249 e. The molecule has 0 saturated carbocycles. The van der Waals surface area contributed by atoms with E-state index >= 15 is 0 Å². The van der Waals surface area contributed by atoms with Crippen molar-refractivity contribution < 1.29 is 4.39 Å². The van der Waals surface area contributed by atoms with Crippen LogP contribution in [0.5, 0.6) is 0 Å². The Morgan fingerprint density at radius 1 is 1.12 bits per heavy atom. The van der Waals surface area contributed by atoms with Gasteiger partial charge in [0.25, 0.3) is 0 Å². The summed E-state index contributed by atoms with van der Waals surface area (Å²) >= 11 is 6.12. The van der Waals surface area contributed by atoms with Crippen LogP contribution in [0.25, 0.3) is 0 Å². The van der Waals surface area contributed by atoms with Gasteiger partial charge >= 0.3 is 0 Å². The number of rotatable bonds is 6. The molecule has 1 aromatic heterocycles. The highest BCUT2D eigenvalue weighted by Crippen LogP contribution is 2.21. The fourth-order valence-corrected chi connectivity index (χ4v) is 2.41. The summed E-state index contributed by atoms with van der Waals surface area (Å²) in [4.78, 5) is 4.37. The van der Waals surface area contributed by atoms with Gasteiger partial charge in [0.2, 0.25) is 5.95 Å². The van der Waals surface area contributed by atoms with Crippen molar-refractivity contribution in [2.24, 2.45) is 0 Å². The van der Waals surface area contributed by atoms with Gasteiger partial charge in [0.05, 0.1) is 6.20 Å². The molecule has 1 heterocycles. The lowest BCUT2D eigenvalue weighted by Crippen LogP contribution is -2.08. The van der Waals surface area contributed by atoms with Crippen molar-refractivity contribution in [3.05, 3.63) is 70.6 Å². The molecular formula is C18H17ClFN5. The topological polar surface area (TPSA) is 62.7 Å². The minimum atomic E-state index is -0.233. The highest BCUT2D eigenvalue weighted by molar-refractivity contribution is 6.31. The largest absolute Gasteiger partial charge is 0.368 e. The summed E-state index contributed by atoms with van der Waals surface area (Å²) < 4.78 is 12.9. The summed E-state index contributed by atoms with van der Waals surface area (Å²) in [6.07, 6.45) is 2.30. The minimum Gasteiger partial charge on any atom is -0.368 e. The lowest BCUT2D eigenvalue weighted by Gasteiger charge is -2.08. The summed E-state index contributed by atoms with van der Waals surface area (Å²) in [6, 6.07) is 12.1. The fourth-order valence-electron chi connectivity index (χ4n) is 2.23. The molecule has 0 unspecified atom stereocenters. The summed E-state index contributed by atoms with van der Waals surface area (Å²) in [5.41, 5.74) is 2.84. The molecule has 0 amide bonds. The van der Waals surface area contributed by atoms with Crippen molar-refractivity contribution in [3.8, 4) is 0 Å². The molecular weight excluding hydrogens is 341 g/mol. The quantitative estimate of drug-likeness (QED) is 0.685. The van der Waals surface area contributed by atoms with Gasteiger partial charge in [0, 0.05) is 17.3 Å². The van der Waals surface area contributed by atoms with E-state index < -0.39 is 0 Å². The van der Waals surface area contributed by atoms with Gasteiger partial charge < -0.3 is 10.6 Å². The summed E-state index contributed by atoms with van der Waals surface area (Å²) in [5, 5.41) is 14.8. The Balaban J connectivity index is 1.59. The molecule has 0 aliphatic rings. The van der Waals surface area contributed by atoms with Crippen LogP contribution in [0.3, 0.4) is 0 Å². The molecule has 3 aromatic rings. The fraction of sp³-hybridized carbons (Fsp3) is 0.167. The molecule has 25 heavy (non-hydrogen) atoms. The summed E-state index contributed by atoms with van der Waals surface area (Å²) in [7, 11) is 0. The van der Waals surface area contributed by atoms with Crippen molar-refractivity contribution in [2.75, 3.05) is 17.2 Å². The van der Waals surface area contributed by atoms with E-state index in [1.54, 1.807) is 18.3 Å². The molecule has 0 spiro atoms. The van der Waals surface area contributed by atoms with Gasteiger partial charge in [-0.1, -0.05) is 29.8 Å².